The molecule has 8 heteroatoms. The fourth-order valence-electron chi connectivity index (χ4n) is 8.51. The summed E-state index contributed by atoms with van der Waals surface area (Å²) in [6, 6.07) is 40.2. The Labute approximate surface area is 352 Å². The predicted octanol–water partition coefficient (Wildman–Crippen LogP) is 6.15. The van der Waals surface area contributed by atoms with Crippen LogP contribution in [0.3, 0.4) is 0 Å². The Bertz CT molecular complexity index is 2300. The summed E-state index contributed by atoms with van der Waals surface area (Å²) in [7, 11) is 14.1. The fourth-order valence-corrected chi connectivity index (χ4v) is 13.1. The second-order valence-electron chi connectivity index (χ2n) is 17.0. The number of hydrogen-bond acceptors (Lipinski definition) is 2. The molecule has 2 aromatic heterocycles. The van der Waals surface area contributed by atoms with Crippen LogP contribution in [0.25, 0.3) is 34.0 Å². The molecule has 4 heterocycles. The minimum atomic E-state index is 0.331. The summed E-state index contributed by atoms with van der Waals surface area (Å²) >= 11 is 0.661. The Balaban J connectivity index is 0.823. The number of anilines is 2. The molecule has 0 aliphatic carbocycles. The van der Waals surface area contributed by atoms with Crippen LogP contribution in [-0.2, 0) is 13.1 Å². The Morgan fingerprint density at radius 1 is 0.491 bits per heavy atom. The van der Waals surface area contributed by atoms with Crippen LogP contribution in [0.15, 0.2) is 131 Å². The molecule has 6 nitrogen and oxygen atoms in total. The molecule has 0 saturated heterocycles. The van der Waals surface area contributed by atoms with Crippen molar-refractivity contribution in [1.29, 1.82) is 0 Å². The quantitative estimate of drug-likeness (QED) is 0.0742. The molecule has 0 saturated carbocycles. The maximum atomic E-state index is 2.47. The van der Waals surface area contributed by atoms with Crippen molar-refractivity contribution in [3.63, 3.8) is 0 Å². The van der Waals surface area contributed by atoms with E-state index >= 15 is 0 Å². The monoisotopic (exact) mass is 890 g/mol. The normalized spacial score (nSPS) is 15.7. The number of aryl methyl sites for hydroxylation is 2. The molecule has 0 unspecified atom stereocenters. The van der Waals surface area contributed by atoms with Crippen LogP contribution in [0.4, 0.5) is 11.4 Å². The van der Waals surface area contributed by atoms with Gasteiger partial charge in [-0.05, 0) is 0 Å². The van der Waals surface area contributed by atoms with E-state index in [1.54, 1.807) is 0 Å². The van der Waals surface area contributed by atoms with Crippen molar-refractivity contribution in [2.24, 2.45) is 0 Å². The first-order chi connectivity index (χ1) is 27.6. The Kier molecular flexibility index (Phi) is 11.7. The minimum absolute atomic E-state index is 0.331. The van der Waals surface area contributed by atoms with Gasteiger partial charge in [-0.3, -0.25) is 0 Å². The van der Waals surface area contributed by atoms with Gasteiger partial charge in [0, 0.05) is 0 Å². The van der Waals surface area contributed by atoms with Crippen LogP contribution in [0, 0.1) is 0 Å². The first-order valence-corrected chi connectivity index (χ1v) is 23.9. The molecule has 2 aliphatic rings. The van der Waals surface area contributed by atoms with Crippen molar-refractivity contribution in [2.75, 3.05) is 78.3 Å². The van der Waals surface area contributed by atoms with Gasteiger partial charge in [-0.2, -0.15) is 0 Å². The molecule has 0 N–H and O–H groups in total. The van der Waals surface area contributed by atoms with Gasteiger partial charge in [0.05, 0.1) is 0 Å². The number of rotatable bonds is 14. The van der Waals surface area contributed by atoms with Crippen molar-refractivity contribution in [2.45, 2.75) is 32.4 Å². The number of para-hydroxylation sites is 4. The molecule has 57 heavy (non-hydrogen) atoms. The third-order valence-electron chi connectivity index (χ3n) is 11.9. The number of fused-ring (bicyclic) bond motifs is 4. The Morgan fingerprint density at radius 3 is 1.32 bits per heavy atom. The van der Waals surface area contributed by atoms with Crippen LogP contribution in [0.5, 0.6) is 0 Å². The topological polar surface area (TPSA) is 14.2 Å². The van der Waals surface area contributed by atoms with Gasteiger partial charge in [0.1, 0.15) is 0 Å². The van der Waals surface area contributed by atoms with E-state index < -0.39 is 0 Å². The molecule has 0 radical (unpaired) electrons. The standard InChI is InChI=1S/C49H58N6Se2/c1-50-44-22-11-13-24-46(44)56-48(50)36-38-26-30-52(42-20-9-7-18-40(38)42)28-15-32-54(3,4)34-17-35-55(5,6)33-16-29-53-31-27-39(41-19-8-10-21-43(41)53)37-49-51(2)45-23-12-14-25-47(45)57-49/h7-14,18-27,30-31,36-37H,15-17,28-29,32-35H2,1-6H3/q+4. The van der Waals surface area contributed by atoms with Crippen molar-refractivity contribution in [3.05, 3.63) is 142 Å². The van der Waals surface area contributed by atoms with Gasteiger partial charge in [0.15, 0.2) is 0 Å². The van der Waals surface area contributed by atoms with E-state index in [2.05, 4.69) is 195 Å². The van der Waals surface area contributed by atoms with Crippen molar-refractivity contribution in [3.8, 4) is 0 Å². The van der Waals surface area contributed by atoms with E-state index in [1.165, 1.54) is 95.0 Å². The SMILES string of the molecule is CN1/C(=C/c2cc[n+](CCC[N+](C)(C)CCC[N+](C)(C)CCC[n+]3ccc(/C=C4/[Se]c5ccccc5N4C)c4ccccc43)c3ccccc23)[Se]c2ccccc21. The molecular weight excluding hydrogens is 831 g/mol. The molecule has 8 rings (SSSR count). The second-order valence-corrected chi connectivity index (χ2v) is 21.5. The third-order valence-corrected chi connectivity index (χ3v) is 16.8. The van der Waals surface area contributed by atoms with E-state index in [0.29, 0.717) is 29.9 Å². The Hall–Kier alpha value is -4.26. The van der Waals surface area contributed by atoms with Gasteiger partial charge >= 0.3 is 355 Å². The van der Waals surface area contributed by atoms with E-state index in [-0.39, 0.29) is 0 Å². The maximum absolute atomic E-state index is 2.47. The van der Waals surface area contributed by atoms with E-state index in [0.717, 1.165) is 34.9 Å². The average Bonchev–Trinajstić information content (AvgIpc) is 3.70. The molecule has 4 aromatic carbocycles. The molecular formula is C49H58N6Se2+4. The molecule has 6 aromatic rings. The number of benzene rings is 4. The second kappa shape index (κ2) is 16.9. The van der Waals surface area contributed by atoms with Crippen LogP contribution >= 0.6 is 0 Å². The van der Waals surface area contributed by atoms with Crippen LogP contribution in [0.2, 0.25) is 0 Å². The van der Waals surface area contributed by atoms with Gasteiger partial charge in [-0.1, -0.05) is 0 Å². The van der Waals surface area contributed by atoms with Crippen LogP contribution in [-0.4, -0.2) is 107 Å². The van der Waals surface area contributed by atoms with E-state index in [9.17, 15) is 0 Å². The summed E-state index contributed by atoms with van der Waals surface area (Å²) in [6.07, 6.45) is 13.0. The fraction of sp³-hybridized carbons (Fsp3) is 0.306. The molecule has 0 amide bonds. The van der Waals surface area contributed by atoms with Crippen molar-refractivity contribution < 1.29 is 18.1 Å². The molecule has 292 valence electrons. The predicted molar refractivity (Wildman–Crippen MR) is 242 cm³/mol. The molecule has 0 bridgehead atoms. The first-order valence-electron chi connectivity index (χ1n) is 20.5. The van der Waals surface area contributed by atoms with Crippen molar-refractivity contribution >= 4 is 84.2 Å². The number of hydrogen-bond donors (Lipinski definition) is 0. The zero-order valence-corrected chi connectivity index (χ0v) is 38.0. The molecule has 0 fully saturated rings. The first kappa shape index (κ1) is 39.6. The number of quaternary nitrogens is 2. The van der Waals surface area contributed by atoms with Crippen LogP contribution < -0.4 is 27.9 Å². The van der Waals surface area contributed by atoms with Gasteiger partial charge < -0.3 is 0 Å². The van der Waals surface area contributed by atoms with Crippen LogP contribution in [0.1, 0.15) is 30.4 Å². The zero-order chi connectivity index (χ0) is 39.6. The van der Waals surface area contributed by atoms with Crippen molar-refractivity contribution in [1.82, 2.24) is 0 Å². The number of nitrogens with zero attached hydrogens (tertiary/aromatic N) is 6. The third kappa shape index (κ3) is 8.93. The van der Waals surface area contributed by atoms with Gasteiger partial charge in [0.2, 0.25) is 0 Å². The Morgan fingerprint density at radius 2 is 0.877 bits per heavy atom. The number of aromatic nitrogens is 2. The summed E-state index contributed by atoms with van der Waals surface area (Å²) in [6.45, 7) is 6.82. The summed E-state index contributed by atoms with van der Waals surface area (Å²) in [4.78, 5) is 4.75. The van der Waals surface area contributed by atoms with Gasteiger partial charge in [0.25, 0.3) is 0 Å². The summed E-state index contributed by atoms with van der Waals surface area (Å²) in [5, 5.41) is 2.67. The van der Waals surface area contributed by atoms with Gasteiger partial charge in [-0.15, -0.1) is 0 Å². The summed E-state index contributed by atoms with van der Waals surface area (Å²) < 4.78 is 12.8. The number of pyridine rings is 2. The summed E-state index contributed by atoms with van der Waals surface area (Å²) in [5.74, 6) is 0. The molecule has 2 aliphatic heterocycles. The average molecular weight is 889 g/mol. The summed E-state index contributed by atoms with van der Waals surface area (Å²) in [5.41, 5.74) is 7.97. The van der Waals surface area contributed by atoms with E-state index in [1.807, 2.05) is 0 Å². The zero-order valence-electron chi connectivity index (χ0n) is 34.6. The molecule has 0 atom stereocenters. The van der Waals surface area contributed by atoms with Gasteiger partial charge in [-0.25, -0.2) is 0 Å². The van der Waals surface area contributed by atoms with E-state index in [4.69, 9.17) is 0 Å². The molecule has 0 spiro atoms.